The van der Waals surface area contributed by atoms with Crippen LogP contribution in [0.2, 0.25) is 0 Å². The molecule has 0 fully saturated rings. The summed E-state index contributed by atoms with van der Waals surface area (Å²) < 4.78 is 0. The number of aliphatic hydroxyl groups is 8. The molecule has 0 aromatic heterocycles. The van der Waals surface area contributed by atoms with Crippen LogP contribution in [0.1, 0.15) is 2.85 Å². The first-order chi connectivity index (χ1) is 7.45. The molecule has 0 aromatic carbocycles. The third-order valence-electron chi connectivity index (χ3n) is 1.61. The van der Waals surface area contributed by atoms with E-state index in [1.54, 1.807) is 0 Å². The van der Waals surface area contributed by atoms with Crippen LogP contribution in [0.5, 0.6) is 0 Å². The first-order valence-corrected chi connectivity index (χ1v) is 4.61. The Hall–Kier alpha value is 0.446. The Morgan fingerprint density at radius 3 is 1.00 bits per heavy atom. The van der Waals surface area contributed by atoms with Crippen molar-refractivity contribution in [3.63, 3.8) is 0 Å². The van der Waals surface area contributed by atoms with Gasteiger partial charge in [-0.05, 0) is 0 Å². The maximum absolute atomic E-state index is 8.96. The molecule has 104 valence electrons. The second-order valence-electron chi connectivity index (χ2n) is 2.93. The summed E-state index contributed by atoms with van der Waals surface area (Å²) in [6, 6.07) is 0. The normalized spacial score (nSPS) is 16.9. The number of rotatable bonds is 6. The van der Waals surface area contributed by atoms with E-state index in [-0.39, 0.29) is 39.1 Å². The monoisotopic (exact) mass is 270 g/mol. The topological polar surface area (TPSA) is 162 Å². The summed E-state index contributed by atoms with van der Waals surface area (Å²) in [4.78, 5) is 0. The van der Waals surface area contributed by atoms with Gasteiger partial charge in [0.1, 0.15) is 24.4 Å². The van der Waals surface area contributed by atoms with Crippen molar-refractivity contribution in [3.05, 3.63) is 0 Å². The second kappa shape index (κ2) is 14.5. The van der Waals surface area contributed by atoms with Crippen LogP contribution in [0.3, 0.4) is 0 Å². The molecule has 0 saturated heterocycles. The predicted molar refractivity (Wildman–Crippen MR) is 60.3 cm³/mol. The maximum Gasteiger partial charge on any atom is 2.00 e. The van der Waals surface area contributed by atoms with Crippen molar-refractivity contribution >= 4 is 23.1 Å². The van der Waals surface area contributed by atoms with Crippen LogP contribution in [0.25, 0.3) is 0 Å². The fourth-order valence-corrected chi connectivity index (χ4v) is 0.671. The standard InChI is InChI=1S/C6H14O6.C2H6O2.Mg.2H/c7-1-3(9)5(11)6(12)4(10)2-8;3-1-2-4;;;/h3-12H,1-2H2;3-4H,1-2H2;;;/q;;+2;2*-1. The molecule has 4 unspecified atom stereocenters. The van der Waals surface area contributed by atoms with Gasteiger partial charge in [0.15, 0.2) is 0 Å². The summed E-state index contributed by atoms with van der Waals surface area (Å²) >= 11 is 0. The van der Waals surface area contributed by atoms with Crippen molar-refractivity contribution in [2.75, 3.05) is 26.4 Å². The molecule has 4 atom stereocenters. The van der Waals surface area contributed by atoms with Gasteiger partial charge in [0, 0.05) is 0 Å². The van der Waals surface area contributed by atoms with E-state index in [4.69, 9.17) is 40.9 Å². The van der Waals surface area contributed by atoms with E-state index in [0.717, 1.165) is 0 Å². The van der Waals surface area contributed by atoms with Gasteiger partial charge in [0.25, 0.3) is 0 Å². The summed E-state index contributed by atoms with van der Waals surface area (Å²) in [5, 5.41) is 67.4. The van der Waals surface area contributed by atoms with E-state index < -0.39 is 37.6 Å². The Bertz CT molecular complexity index is 143. The predicted octanol–water partition coefficient (Wildman–Crippen LogP) is -4.77. The quantitative estimate of drug-likeness (QED) is 0.223. The molecule has 0 aliphatic rings. The minimum Gasteiger partial charge on any atom is -1.00 e. The zero-order valence-electron chi connectivity index (χ0n) is 11.4. The van der Waals surface area contributed by atoms with E-state index in [9.17, 15) is 0 Å². The Labute approximate surface area is 118 Å². The van der Waals surface area contributed by atoms with Crippen molar-refractivity contribution in [2.45, 2.75) is 24.4 Å². The van der Waals surface area contributed by atoms with Gasteiger partial charge >= 0.3 is 23.1 Å². The van der Waals surface area contributed by atoms with Gasteiger partial charge < -0.3 is 43.7 Å². The molecule has 0 radical (unpaired) electrons. The summed E-state index contributed by atoms with van der Waals surface area (Å²) in [5.74, 6) is 0. The average molecular weight is 271 g/mol. The number of hydrogen-bond acceptors (Lipinski definition) is 8. The molecule has 0 aliphatic heterocycles. The van der Waals surface area contributed by atoms with Gasteiger partial charge in [0.2, 0.25) is 0 Å². The maximum atomic E-state index is 8.96. The van der Waals surface area contributed by atoms with Crippen molar-refractivity contribution in [1.82, 2.24) is 0 Å². The molecule has 0 rings (SSSR count). The van der Waals surface area contributed by atoms with Crippen molar-refractivity contribution in [3.8, 4) is 0 Å². The van der Waals surface area contributed by atoms with Crippen molar-refractivity contribution in [2.24, 2.45) is 0 Å². The Balaban J connectivity index is -0.0000000827. The number of hydrogen-bond donors (Lipinski definition) is 8. The van der Waals surface area contributed by atoms with Gasteiger partial charge in [-0.1, -0.05) is 0 Å². The minimum atomic E-state index is -1.67. The molecule has 9 heteroatoms. The first-order valence-electron chi connectivity index (χ1n) is 4.61. The van der Waals surface area contributed by atoms with Crippen LogP contribution in [0, 0.1) is 0 Å². The summed E-state index contributed by atoms with van der Waals surface area (Å²) in [6.45, 7) is -1.70. The van der Waals surface area contributed by atoms with E-state index in [0.29, 0.717) is 0 Å². The molecule has 0 spiro atoms. The van der Waals surface area contributed by atoms with Gasteiger partial charge in [-0.25, -0.2) is 0 Å². The summed E-state index contributed by atoms with van der Waals surface area (Å²) in [7, 11) is 0. The largest absolute Gasteiger partial charge is 2.00 e. The molecule has 8 nitrogen and oxygen atoms in total. The fraction of sp³-hybridized carbons (Fsp3) is 1.00. The summed E-state index contributed by atoms with van der Waals surface area (Å²) in [5.41, 5.74) is 0. The van der Waals surface area contributed by atoms with E-state index in [1.165, 1.54) is 0 Å². The zero-order chi connectivity index (χ0) is 13.1. The van der Waals surface area contributed by atoms with Crippen LogP contribution in [0.4, 0.5) is 0 Å². The minimum absolute atomic E-state index is 0. The first kappa shape index (κ1) is 22.6. The Morgan fingerprint density at radius 1 is 0.647 bits per heavy atom. The third kappa shape index (κ3) is 11.3. The molecular weight excluding hydrogens is 248 g/mol. The molecule has 0 aromatic rings. The van der Waals surface area contributed by atoms with Crippen LogP contribution in [0.15, 0.2) is 0 Å². The molecule has 17 heavy (non-hydrogen) atoms. The van der Waals surface area contributed by atoms with E-state index in [2.05, 4.69) is 0 Å². The van der Waals surface area contributed by atoms with Crippen LogP contribution in [-0.2, 0) is 0 Å². The zero-order valence-corrected chi connectivity index (χ0v) is 10.8. The molecule has 8 N–H and O–H groups in total. The van der Waals surface area contributed by atoms with Crippen LogP contribution in [-0.4, -0.2) is 115 Å². The van der Waals surface area contributed by atoms with Gasteiger partial charge in [-0.3, -0.25) is 0 Å². The average Bonchev–Trinajstić information content (AvgIpc) is 2.34. The Morgan fingerprint density at radius 2 is 0.882 bits per heavy atom. The summed E-state index contributed by atoms with van der Waals surface area (Å²) in [6.07, 6.45) is -6.39. The second-order valence-corrected chi connectivity index (χ2v) is 2.93. The fourth-order valence-electron chi connectivity index (χ4n) is 0.671. The molecule has 0 aliphatic carbocycles. The van der Waals surface area contributed by atoms with Crippen molar-refractivity contribution < 1.29 is 43.7 Å². The van der Waals surface area contributed by atoms with Crippen molar-refractivity contribution in [1.29, 1.82) is 0 Å². The van der Waals surface area contributed by atoms with E-state index in [1.807, 2.05) is 0 Å². The molecule has 0 saturated carbocycles. The van der Waals surface area contributed by atoms with E-state index >= 15 is 0 Å². The molecule has 0 bridgehead atoms. The number of aliphatic hydroxyl groups excluding tert-OH is 8. The molecule has 0 amide bonds. The van der Waals surface area contributed by atoms with Gasteiger partial charge in [0.05, 0.1) is 26.4 Å². The smallest absolute Gasteiger partial charge is 1.00 e. The van der Waals surface area contributed by atoms with Gasteiger partial charge in [-0.15, -0.1) is 0 Å². The van der Waals surface area contributed by atoms with Crippen LogP contribution >= 0.6 is 0 Å². The molecular formula is C8H22MgO8. The molecule has 0 heterocycles. The SMILES string of the molecule is OCC(O)C(O)C(O)C(O)CO.OCCO.[H-].[H-].[Mg+2]. The third-order valence-corrected chi connectivity index (χ3v) is 1.61. The Kier molecular flexibility index (Phi) is 19.3. The van der Waals surface area contributed by atoms with Gasteiger partial charge in [-0.2, -0.15) is 0 Å². The van der Waals surface area contributed by atoms with Crippen LogP contribution < -0.4 is 0 Å².